The molecule has 2 heterocycles. The van der Waals surface area contributed by atoms with Gasteiger partial charge >= 0.3 is 0 Å². The zero-order valence-electron chi connectivity index (χ0n) is 18.0. The number of thiazole rings is 1. The molecule has 0 atom stereocenters. The van der Waals surface area contributed by atoms with Gasteiger partial charge in [0.05, 0.1) is 32.9 Å². The molecule has 0 saturated heterocycles. The Labute approximate surface area is 186 Å². The topological polar surface area (TPSA) is 82.6 Å². The maximum absolute atomic E-state index is 12.4. The van der Waals surface area contributed by atoms with Crippen molar-refractivity contribution in [2.45, 2.75) is 32.7 Å². The molecule has 0 radical (unpaired) electrons. The van der Waals surface area contributed by atoms with Crippen LogP contribution in [-0.2, 0) is 17.8 Å². The van der Waals surface area contributed by atoms with Crippen LogP contribution < -0.4 is 19.5 Å². The molecule has 0 aliphatic heterocycles. The van der Waals surface area contributed by atoms with Crippen LogP contribution in [0, 0.1) is 0 Å². The first-order valence-electron chi connectivity index (χ1n) is 10.1. The third-order valence-corrected chi connectivity index (χ3v) is 5.53. The molecule has 7 nitrogen and oxygen atoms in total. The number of carbonyl (C=O) groups excluding carboxylic acids is 1. The highest BCUT2D eigenvalue weighted by Crippen LogP contribution is 2.33. The third-order valence-electron chi connectivity index (χ3n) is 4.59. The zero-order valence-corrected chi connectivity index (χ0v) is 18.8. The van der Waals surface area contributed by atoms with Crippen LogP contribution in [0.5, 0.6) is 17.4 Å². The van der Waals surface area contributed by atoms with Gasteiger partial charge in [-0.15, -0.1) is 11.3 Å². The van der Waals surface area contributed by atoms with Crippen molar-refractivity contribution in [3.63, 3.8) is 0 Å². The minimum atomic E-state index is -0.104. The van der Waals surface area contributed by atoms with Crippen LogP contribution >= 0.6 is 11.3 Å². The van der Waals surface area contributed by atoms with E-state index in [9.17, 15) is 4.79 Å². The summed E-state index contributed by atoms with van der Waals surface area (Å²) in [5.74, 6) is 1.77. The first kappa shape index (κ1) is 22.6. The van der Waals surface area contributed by atoms with E-state index in [0.29, 0.717) is 30.5 Å². The number of ether oxygens (including phenoxy) is 3. The van der Waals surface area contributed by atoms with Gasteiger partial charge in [-0.1, -0.05) is 19.4 Å². The van der Waals surface area contributed by atoms with E-state index in [1.807, 2.05) is 35.7 Å². The second-order valence-electron chi connectivity index (χ2n) is 6.84. The molecule has 0 aliphatic carbocycles. The van der Waals surface area contributed by atoms with Gasteiger partial charge in [-0.25, -0.2) is 9.97 Å². The highest BCUT2D eigenvalue weighted by atomic mass is 32.1. The summed E-state index contributed by atoms with van der Waals surface area (Å²) < 4.78 is 16.4. The molecule has 0 unspecified atom stereocenters. The number of unbranched alkanes of at least 4 members (excludes halogenated alkanes) is 1. The largest absolute Gasteiger partial charge is 0.493 e. The Kier molecular flexibility index (Phi) is 8.23. The lowest BCUT2D eigenvalue weighted by Crippen LogP contribution is -2.25. The van der Waals surface area contributed by atoms with E-state index in [-0.39, 0.29) is 12.3 Å². The quantitative estimate of drug-likeness (QED) is 0.448. The van der Waals surface area contributed by atoms with Crippen molar-refractivity contribution in [3.8, 4) is 28.0 Å². The van der Waals surface area contributed by atoms with Crippen molar-refractivity contribution in [2.75, 3.05) is 20.8 Å². The van der Waals surface area contributed by atoms with Crippen molar-refractivity contribution in [2.24, 2.45) is 0 Å². The smallest absolute Gasteiger partial charge is 0.226 e. The molecular formula is C23H27N3O4S. The Morgan fingerprint density at radius 3 is 2.77 bits per heavy atom. The normalized spacial score (nSPS) is 10.5. The molecule has 31 heavy (non-hydrogen) atoms. The van der Waals surface area contributed by atoms with Gasteiger partial charge in [0, 0.05) is 29.2 Å². The van der Waals surface area contributed by atoms with Gasteiger partial charge in [0.1, 0.15) is 5.01 Å². The van der Waals surface area contributed by atoms with Crippen LogP contribution in [-0.4, -0.2) is 36.7 Å². The minimum absolute atomic E-state index is 0.104. The first-order valence-corrected chi connectivity index (χ1v) is 11.0. The number of aromatic nitrogens is 2. The number of nitrogens with zero attached hydrogens (tertiary/aromatic N) is 2. The van der Waals surface area contributed by atoms with Gasteiger partial charge in [-0.2, -0.15) is 0 Å². The molecule has 2 aromatic heterocycles. The Balaban J connectivity index is 1.59. The number of rotatable bonds is 11. The molecule has 3 aromatic rings. The van der Waals surface area contributed by atoms with E-state index in [1.165, 1.54) is 11.3 Å². The lowest BCUT2D eigenvalue weighted by atomic mass is 10.2. The van der Waals surface area contributed by atoms with E-state index in [2.05, 4.69) is 22.2 Å². The average molecular weight is 442 g/mol. The lowest BCUT2D eigenvalue weighted by molar-refractivity contribution is -0.120. The maximum Gasteiger partial charge on any atom is 0.226 e. The van der Waals surface area contributed by atoms with Crippen molar-refractivity contribution >= 4 is 17.2 Å². The van der Waals surface area contributed by atoms with Crippen molar-refractivity contribution in [3.05, 3.63) is 53.2 Å². The van der Waals surface area contributed by atoms with E-state index in [0.717, 1.165) is 34.7 Å². The zero-order chi connectivity index (χ0) is 22.1. The van der Waals surface area contributed by atoms with Crippen LogP contribution in [0.15, 0.2) is 41.9 Å². The van der Waals surface area contributed by atoms with Crippen LogP contribution in [0.2, 0.25) is 0 Å². The second kappa shape index (κ2) is 11.3. The highest BCUT2D eigenvalue weighted by molar-refractivity contribution is 7.13. The summed E-state index contributed by atoms with van der Waals surface area (Å²) in [4.78, 5) is 21.3. The molecule has 1 amide bonds. The summed E-state index contributed by atoms with van der Waals surface area (Å²) >= 11 is 1.49. The summed E-state index contributed by atoms with van der Waals surface area (Å²) in [7, 11) is 3.20. The SMILES string of the molecule is CCCCOc1ncccc1CNC(=O)Cc1csc(-c2ccc(OC)c(OC)c2)n1. The van der Waals surface area contributed by atoms with E-state index in [4.69, 9.17) is 14.2 Å². The number of carbonyl (C=O) groups is 1. The Morgan fingerprint density at radius 2 is 2.00 bits per heavy atom. The summed E-state index contributed by atoms with van der Waals surface area (Å²) in [6.45, 7) is 3.09. The minimum Gasteiger partial charge on any atom is -0.493 e. The average Bonchev–Trinajstić information content (AvgIpc) is 3.26. The Morgan fingerprint density at radius 1 is 1.16 bits per heavy atom. The molecule has 1 N–H and O–H groups in total. The standard InChI is InChI=1S/C23H27N3O4S/c1-4-5-11-30-22-17(7-6-10-24-22)14-25-21(27)13-18-15-31-23(26-18)16-8-9-19(28-2)20(12-16)29-3/h6-10,12,15H,4-5,11,13-14H2,1-3H3,(H,25,27). The summed E-state index contributed by atoms with van der Waals surface area (Å²) in [6.07, 6.45) is 3.92. The summed E-state index contributed by atoms with van der Waals surface area (Å²) in [5.41, 5.74) is 2.49. The molecule has 164 valence electrons. The fourth-order valence-corrected chi connectivity index (χ4v) is 3.73. The second-order valence-corrected chi connectivity index (χ2v) is 7.70. The van der Waals surface area contributed by atoms with Crippen LogP contribution in [0.3, 0.4) is 0 Å². The predicted octanol–water partition coefficient (Wildman–Crippen LogP) is 4.26. The monoisotopic (exact) mass is 441 g/mol. The number of methoxy groups -OCH3 is 2. The number of nitrogens with one attached hydrogen (secondary N) is 1. The molecular weight excluding hydrogens is 414 g/mol. The third kappa shape index (κ3) is 6.18. The number of hydrogen-bond donors (Lipinski definition) is 1. The number of benzene rings is 1. The van der Waals surface area contributed by atoms with Gasteiger partial charge in [0.2, 0.25) is 11.8 Å². The van der Waals surface area contributed by atoms with Gasteiger partial charge in [-0.3, -0.25) is 4.79 Å². The van der Waals surface area contributed by atoms with E-state index >= 15 is 0 Å². The highest BCUT2D eigenvalue weighted by Gasteiger charge is 2.13. The molecule has 1 aromatic carbocycles. The molecule has 0 saturated carbocycles. The summed E-state index contributed by atoms with van der Waals surface area (Å²) in [6, 6.07) is 9.39. The van der Waals surface area contributed by atoms with Gasteiger partial charge in [0.15, 0.2) is 11.5 Å². The van der Waals surface area contributed by atoms with Crippen LogP contribution in [0.4, 0.5) is 0 Å². The van der Waals surface area contributed by atoms with Crippen LogP contribution in [0.25, 0.3) is 10.6 Å². The van der Waals surface area contributed by atoms with Gasteiger partial charge < -0.3 is 19.5 Å². The molecule has 0 fully saturated rings. The molecule has 0 bridgehead atoms. The van der Waals surface area contributed by atoms with Gasteiger partial charge in [-0.05, 0) is 30.7 Å². The number of amides is 1. The fourth-order valence-electron chi connectivity index (χ4n) is 2.91. The van der Waals surface area contributed by atoms with Crippen molar-refractivity contribution < 1.29 is 19.0 Å². The van der Waals surface area contributed by atoms with E-state index < -0.39 is 0 Å². The van der Waals surface area contributed by atoms with Gasteiger partial charge in [0.25, 0.3) is 0 Å². The molecule has 8 heteroatoms. The predicted molar refractivity (Wildman–Crippen MR) is 121 cm³/mol. The van der Waals surface area contributed by atoms with Crippen LogP contribution in [0.1, 0.15) is 31.0 Å². The number of pyridine rings is 1. The fraction of sp³-hybridized carbons (Fsp3) is 0.348. The molecule has 3 rings (SSSR count). The van der Waals surface area contributed by atoms with Crippen molar-refractivity contribution in [1.29, 1.82) is 0 Å². The maximum atomic E-state index is 12.4. The molecule has 0 aliphatic rings. The molecule has 0 spiro atoms. The van der Waals surface area contributed by atoms with E-state index in [1.54, 1.807) is 20.4 Å². The first-order chi connectivity index (χ1) is 15.1. The Bertz CT molecular complexity index is 1010. The van der Waals surface area contributed by atoms with Crippen molar-refractivity contribution in [1.82, 2.24) is 15.3 Å². The lowest BCUT2D eigenvalue weighted by Gasteiger charge is -2.10. The number of hydrogen-bond acceptors (Lipinski definition) is 7. The summed E-state index contributed by atoms with van der Waals surface area (Å²) in [5, 5.41) is 5.65. The Hall–Kier alpha value is -3.13.